The first-order chi connectivity index (χ1) is 12.0. The zero-order valence-electron chi connectivity index (χ0n) is 15.8. The van der Waals surface area contributed by atoms with Crippen molar-refractivity contribution in [3.63, 3.8) is 0 Å². The molecule has 0 bridgehead atoms. The predicted molar refractivity (Wildman–Crippen MR) is 99.1 cm³/mol. The molecule has 0 aliphatic heterocycles. The van der Waals surface area contributed by atoms with Crippen LogP contribution in [0.15, 0.2) is 18.2 Å². The Balaban J connectivity index is 1.89. The molecule has 0 unspecified atom stereocenters. The van der Waals surface area contributed by atoms with Gasteiger partial charge in [-0.15, -0.1) is 0 Å². The van der Waals surface area contributed by atoms with Crippen molar-refractivity contribution in [2.75, 3.05) is 13.7 Å². The van der Waals surface area contributed by atoms with Gasteiger partial charge in [0.25, 0.3) is 0 Å². The molecule has 4 heteroatoms. The molecule has 0 spiro atoms. The average molecular weight is 348 g/mol. The van der Waals surface area contributed by atoms with E-state index >= 15 is 0 Å². The lowest BCUT2D eigenvalue weighted by Gasteiger charge is -2.37. The number of benzene rings is 1. The second-order valence-electron chi connectivity index (χ2n) is 7.45. The maximum atomic E-state index is 12.3. The highest BCUT2D eigenvalue weighted by molar-refractivity contribution is 5.72. The average Bonchev–Trinajstić information content (AvgIpc) is 2.62. The third kappa shape index (κ3) is 5.13. The minimum atomic E-state index is -0.128. The number of aromatic hydroxyl groups is 1. The van der Waals surface area contributed by atoms with Gasteiger partial charge in [0, 0.05) is 5.56 Å². The van der Waals surface area contributed by atoms with Gasteiger partial charge in [-0.3, -0.25) is 4.79 Å². The van der Waals surface area contributed by atoms with E-state index in [0.717, 1.165) is 49.8 Å². The molecule has 1 aromatic rings. The van der Waals surface area contributed by atoms with E-state index in [1.165, 1.54) is 12.8 Å². The Morgan fingerprint density at radius 3 is 2.60 bits per heavy atom. The summed E-state index contributed by atoms with van der Waals surface area (Å²) >= 11 is 0. The quantitative estimate of drug-likeness (QED) is 0.532. The van der Waals surface area contributed by atoms with Gasteiger partial charge in [-0.05, 0) is 55.7 Å². The zero-order chi connectivity index (χ0) is 18.3. The smallest absolute Gasteiger partial charge is 0.308 e. The molecule has 0 radical (unpaired) electrons. The highest BCUT2D eigenvalue weighted by Crippen LogP contribution is 2.45. The lowest BCUT2D eigenvalue weighted by atomic mass is 9.67. The normalized spacial score (nSPS) is 23.2. The number of rotatable bonds is 8. The van der Waals surface area contributed by atoms with Crippen LogP contribution in [0.3, 0.4) is 0 Å². The summed E-state index contributed by atoms with van der Waals surface area (Å²) in [6.07, 6.45) is 7.81. The van der Waals surface area contributed by atoms with E-state index in [2.05, 4.69) is 13.8 Å². The summed E-state index contributed by atoms with van der Waals surface area (Å²) < 4.78 is 10.7. The van der Waals surface area contributed by atoms with Crippen molar-refractivity contribution in [1.29, 1.82) is 0 Å². The molecule has 4 nitrogen and oxygen atoms in total. The molecular weight excluding hydrogens is 316 g/mol. The van der Waals surface area contributed by atoms with Gasteiger partial charge in [0.05, 0.1) is 19.6 Å². The van der Waals surface area contributed by atoms with Crippen LogP contribution in [-0.2, 0) is 14.9 Å². The Hall–Kier alpha value is -1.71. The predicted octanol–water partition coefficient (Wildman–Crippen LogP) is 4.97. The molecule has 0 atom stereocenters. The Kier molecular flexibility index (Phi) is 7.15. The summed E-state index contributed by atoms with van der Waals surface area (Å²) in [5.41, 5.74) is 0.787. The summed E-state index contributed by atoms with van der Waals surface area (Å²) in [7, 11) is 1.63. The molecule has 25 heavy (non-hydrogen) atoms. The third-order valence-corrected chi connectivity index (χ3v) is 5.52. The SMILES string of the molecule is CCCCCCOC(=O)C1CCC(C)(c2cc(OC)ccc2O)CC1. The van der Waals surface area contributed by atoms with Gasteiger partial charge < -0.3 is 14.6 Å². The van der Waals surface area contributed by atoms with Crippen molar-refractivity contribution < 1.29 is 19.4 Å². The van der Waals surface area contributed by atoms with Crippen LogP contribution in [0.2, 0.25) is 0 Å². The van der Waals surface area contributed by atoms with E-state index in [1.807, 2.05) is 6.07 Å². The molecule has 1 N–H and O–H groups in total. The van der Waals surface area contributed by atoms with Gasteiger partial charge in [0.2, 0.25) is 0 Å². The van der Waals surface area contributed by atoms with E-state index in [4.69, 9.17) is 9.47 Å². The molecule has 1 saturated carbocycles. The van der Waals surface area contributed by atoms with Crippen molar-refractivity contribution in [3.8, 4) is 11.5 Å². The van der Waals surface area contributed by atoms with E-state index in [-0.39, 0.29) is 17.3 Å². The number of esters is 1. The molecule has 140 valence electrons. The van der Waals surface area contributed by atoms with Crippen LogP contribution in [0.25, 0.3) is 0 Å². The van der Waals surface area contributed by atoms with Crippen molar-refractivity contribution in [1.82, 2.24) is 0 Å². The van der Waals surface area contributed by atoms with Crippen molar-refractivity contribution in [2.45, 2.75) is 70.6 Å². The molecule has 1 aliphatic rings. The van der Waals surface area contributed by atoms with Crippen molar-refractivity contribution in [2.24, 2.45) is 5.92 Å². The second kappa shape index (κ2) is 9.12. The van der Waals surface area contributed by atoms with Gasteiger partial charge >= 0.3 is 5.97 Å². The van der Waals surface area contributed by atoms with E-state index < -0.39 is 0 Å². The van der Waals surface area contributed by atoms with Crippen LogP contribution < -0.4 is 4.74 Å². The molecule has 0 amide bonds. The van der Waals surface area contributed by atoms with Crippen LogP contribution in [0.4, 0.5) is 0 Å². The summed E-state index contributed by atoms with van der Waals surface area (Å²) in [6, 6.07) is 5.38. The molecule has 0 saturated heterocycles. The molecule has 0 aromatic heterocycles. The van der Waals surface area contributed by atoms with Gasteiger partial charge in [-0.25, -0.2) is 0 Å². The van der Waals surface area contributed by atoms with Crippen LogP contribution >= 0.6 is 0 Å². The number of hydrogen-bond acceptors (Lipinski definition) is 4. The number of ether oxygens (including phenoxy) is 2. The van der Waals surface area contributed by atoms with Gasteiger partial charge in [0.1, 0.15) is 11.5 Å². The number of hydrogen-bond donors (Lipinski definition) is 1. The van der Waals surface area contributed by atoms with E-state index in [0.29, 0.717) is 12.4 Å². The standard InChI is InChI=1S/C21H32O4/c1-4-5-6-7-14-25-20(23)16-10-12-21(2,13-11-16)18-15-17(24-3)8-9-19(18)22/h8-9,15-16,22H,4-7,10-14H2,1-3H3. The van der Waals surface area contributed by atoms with Crippen molar-refractivity contribution in [3.05, 3.63) is 23.8 Å². The monoisotopic (exact) mass is 348 g/mol. The first kappa shape index (κ1) is 19.6. The maximum absolute atomic E-state index is 12.3. The van der Waals surface area contributed by atoms with Gasteiger partial charge in [0.15, 0.2) is 0 Å². The summed E-state index contributed by atoms with van der Waals surface area (Å²) in [5.74, 6) is 1.00. The Morgan fingerprint density at radius 1 is 1.24 bits per heavy atom. The second-order valence-corrected chi connectivity index (χ2v) is 7.45. The molecule has 1 aliphatic carbocycles. The van der Waals surface area contributed by atoms with Crippen molar-refractivity contribution >= 4 is 5.97 Å². The van der Waals surface area contributed by atoms with Crippen LogP contribution in [0, 0.1) is 5.92 Å². The fourth-order valence-corrected chi connectivity index (χ4v) is 3.70. The molecule has 1 fully saturated rings. The molecular formula is C21H32O4. The minimum absolute atomic E-state index is 0.00741. The topological polar surface area (TPSA) is 55.8 Å². The summed E-state index contributed by atoms with van der Waals surface area (Å²) in [5, 5.41) is 10.3. The van der Waals surface area contributed by atoms with E-state index in [1.54, 1.807) is 19.2 Å². The first-order valence-corrected chi connectivity index (χ1v) is 9.54. The van der Waals surface area contributed by atoms with E-state index in [9.17, 15) is 9.90 Å². The first-order valence-electron chi connectivity index (χ1n) is 9.54. The fourth-order valence-electron chi connectivity index (χ4n) is 3.70. The van der Waals surface area contributed by atoms with Gasteiger partial charge in [-0.2, -0.15) is 0 Å². The Bertz CT molecular complexity index is 559. The molecule has 2 rings (SSSR count). The molecule has 0 heterocycles. The third-order valence-electron chi connectivity index (χ3n) is 5.52. The number of phenols is 1. The van der Waals surface area contributed by atoms with Crippen LogP contribution in [0.1, 0.15) is 70.8 Å². The Labute approximate surface area is 151 Å². The fraction of sp³-hybridized carbons (Fsp3) is 0.667. The highest BCUT2D eigenvalue weighted by Gasteiger charge is 2.37. The summed E-state index contributed by atoms with van der Waals surface area (Å²) in [6.45, 7) is 4.88. The number of unbranched alkanes of at least 4 members (excludes halogenated alkanes) is 3. The molecule has 1 aromatic carbocycles. The lowest BCUT2D eigenvalue weighted by molar-refractivity contribution is -0.150. The number of methoxy groups -OCH3 is 1. The van der Waals surface area contributed by atoms with Gasteiger partial charge in [-0.1, -0.05) is 33.1 Å². The number of phenolic OH excluding ortho intramolecular Hbond substituents is 1. The van der Waals surface area contributed by atoms with Crippen LogP contribution in [-0.4, -0.2) is 24.8 Å². The largest absolute Gasteiger partial charge is 0.508 e. The zero-order valence-corrected chi connectivity index (χ0v) is 15.8. The number of carbonyl (C=O) groups is 1. The summed E-state index contributed by atoms with van der Waals surface area (Å²) in [4.78, 5) is 12.3. The van der Waals surface area contributed by atoms with Crippen LogP contribution in [0.5, 0.6) is 11.5 Å². The maximum Gasteiger partial charge on any atom is 0.308 e. The minimum Gasteiger partial charge on any atom is -0.508 e. The lowest BCUT2D eigenvalue weighted by Crippen LogP contribution is -2.32. The number of carbonyl (C=O) groups excluding carboxylic acids is 1. The highest BCUT2D eigenvalue weighted by atomic mass is 16.5. The Morgan fingerprint density at radius 2 is 1.96 bits per heavy atom.